The first-order valence-electron chi connectivity index (χ1n) is 11.1. The van der Waals surface area contributed by atoms with Gasteiger partial charge in [0.25, 0.3) is 0 Å². The zero-order valence-electron chi connectivity index (χ0n) is 18.1. The fraction of sp³-hybridized carbons (Fsp3) is 0.773. The van der Waals surface area contributed by atoms with Crippen LogP contribution in [0.3, 0.4) is 0 Å². The first kappa shape index (κ1) is 20.5. The van der Waals surface area contributed by atoms with Crippen molar-refractivity contribution >= 4 is 11.7 Å². The van der Waals surface area contributed by atoms with E-state index in [4.69, 9.17) is 14.7 Å². The number of likely N-dealkylation sites (tertiary alicyclic amines) is 2. The van der Waals surface area contributed by atoms with E-state index in [2.05, 4.69) is 15.9 Å². The van der Waals surface area contributed by atoms with Crippen molar-refractivity contribution < 1.29 is 9.53 Å². The Morgan fingerprint density at radius 3 is 2.55 bits per heavy atom. The van der Waals surface area contributed by atoms with Crippen LogP contribution in [-0.2, 0) is 9.53 Å². The van der Waals surface area contributed by atoms with Crippen molar-refractivity contribution in [2.75, 3.05) is 65.4 Å². The van der Waals surface area contributed by atoms with Crippen molar-refractivity contribution in [3.8, 4) is 0 Å². The van der Waals surface area contributed by atoms with Gasteiger partial charge < -0.3 is 19.4 Å². The van der Waals surface area contributed by atoms with E-state index in [9.17, 15) is 4.79 Å². The lowest BCUT2D eigenvalue weighted by atomic mass is 9.95. The Bertz CT molecular complexity index is 713. The molecule has 1 saturated carbocycles. The number of aromatic nitrogens is 2. The van der Waals surface area contributed by atoms with Crippen LogP contribution in [0.1, 0.15) is 55.5 Å². The Balaban J connectivity index is 1.47. The van der Waals surface area contributed by atoms with Gasteiger partial charge >= 0.3 is 0 Å². The Hall–Kier alpha value is -1.73. The number of hydrogen-bond acceptors (Lipinski definition) is 6. The second-order valence-corrected chi connectivity index (χ2v) is 9.16. The van der Waals surface area contributed by atoms with E-state index in [0.717, 1.165) is 55.7 Å². The third-order valence-electron chi connectivity index (χ3n) is 6.57. The van der Waals surface area contributed by atoms with Crippen LogP contribution in [-0.4, -0.2) is 86.2 Å². The lowest BCUT2D eigenvalue weighted by molar-refractivity contribution is -0.128. The molecule has 160 valence electrons. The highest BCUT2D eigenvalue weighted by molar-refractivity contribution is 5.79. The van der Waals surface area contributed by atoms with Gasteiger partial charge in [-0.3, -0.25) is 4.79 Å². The topological polar surface area (TPSA) is 61.8 Å². The molecule has 29 heavy (non-hydrogen) atoms. The van der Waals surface area contributed by atoms with Gasteiger partial charge in [-0.1, -0.05) is 0 Å². The predicted octanol–water partition coefficient (Wildman–Crippen LogP) is 2.09. The maximum absolute atomic E-state index is 12.4. The number of methoxy groups -OCH3 is 1. The summed E-state index contributed by atoms with van der Waals surface area (Å²) in [5, 5.41) is 0. The number of carbonyl (C=O) groups excluding carboxylic acids is 1. The molecule has 7 nitrogen and oxygen atoms in total. The van der Waals surface area contributed by atoms with Gasteiger partial charge in [-0.05, 0) is 44.7 Å². The summed E-state index contributed by atoms with van der Waals surface area (Å²) in [6.45, 7) is 5.54. The van der Waals surface area contributed by atoms with Crippen molar-refractivity contribution in [3.05, 3.63) is 17.6 Å². The van der Waals surface area contributed by atoms with Crippen LogP contribution in [0.15, 0.2) is 6.07 Å². The van der Waals surface area contributed by atoms with E-state index >= 15 is 0 Å². The molecule has 1 aromatic rings. The first-order valence-corrected chi connectivity index (χ1v) is 11.1. The van der Waals surface area contributed by atoms with E-state index in [1.807, 2.05) is 19.0 Å². The Kier molecular flexibility index (Phi) is 6.35. The molecule has 0 bridgehead atoms. The van der Waals surface area contributed by atoms with Gasteiger partial charge in [0.2, 0.25) is 5.91 Å². The van der Waals surface area contributed by atoms with Gasteiger partial charge in [0.05, 0.1) is 12.3 Å². The molecule has 0 spiro atoms. The summed E-state index contributed by atoms with van der Waals surface area (Å²) < 4.78 is 5.15. The van der Waals surface area contributed by atoms with E-state index in [1.54, 1.807) is 7.11 Å². The molecule has 3 aliphatic rings. The highest BCUT2D eigenvalue weighted by Crippen LogP contribution is 2.34. The van der Waals surface area contributed by atoms with Gasteiger partial charge in [0.1, 0.15) is 11.6 Å². The molecule has 0 N–H and O–H groups in total. The maximum Gasteiger partial charge on any atom is 0.223 e. The van der Waals surface area contributed by atoms with Gasteiger partial charge in [-0.25, -0.2) is 9.97 Å². The predicted molar refractivity (Wildman–Crippen MR) is 113 cm³/mol. The second kappa shape index (κ2) is 8.96. The summed E-state index contributed by atoms with van der Waals surface area (Å²) in [5.41, 5.74) is 1.02. The highest BCUT2D eigenvalue weighted by atomic mass is 16.5. The van der Waals surface area contributed by atoms with Crippen molar-refractivity contribution in [1.29, 1.82) is 0 Å². The van der Waals surface area contributed by atoms with Crippen molar-refractivity contribution in [2.24, 2.45) is 5.92 Å². The molecule has 0 aromatic carbocycles. The standard InChI is InChI=1S/C22H35N5O2/c1-25(2)20-13-19(18-12-21(28)27(15-18)10-11-29-3)23-22(24-20)17-6-8-26(9-7-17)14-16-4-5-16/h13,16-18H,4-12,14-15H2,1-3H3. The van der Waals surface area contributed by atoms with Gasteiger partial charge in [-0.15, -0.1) is 0 Å². The number of nitrogens with zero attached hydrogens (tertiary/aromatic N) is 5. The number of ether oxygens (including phenoxy) is 1. The van der Waals surface area contributed by atoms with Crippen LogP contribution >= 0.6 is 0 Å². The molecule has 1 atom stereocenters. The normalized spacial score (nSPS) is 23.8. The molecule has 1 amide bonds. The summed E-state index contributed by atoms with van der Waals surface area (Å²) >= 11 is 0. The smallest absolute Gasteiger partial charge is 0.223 e. The van der Waals surface area contributed by atoms with E-state index in [-0.39, 0.29) is 11.8 Å². The SMILES string of the molecule is COCCN1CC(c2cc(N(C)C)nc(C3CCN(CC4CC4)CC3)n2)CC1=O. The summed E-state index contributed by atoms with van der Waals surface area (Å²) in [6, 6.07) is 2.07. The van der Waals surface area contributed by atoms with Crippen LogP contribution in [0.5, 0.6) is 0 Å². The van der Waals surface area contributed by atoms with E-state index < -0.39 is 0 Å². The number of hydrogen-bond donors (Lipinski definition) is 0. The Morgan fingerprint density at radius 1 is 1.14 bits per heavy atom. The van der Waals surface area contributed by atoms with Gasteiger partial charge in [0, 0.05) is 65.2 Å². The molecule has 1 aliphatic carbocycles. The molecule has 3 heterocycles. The zero-order valence-corrected chi connectivity index (χ0v) is 18.1. The number of rotatable bonds is 8. The monoisotopic (exact) mass is 401 g/mol. The number of piperidine rings is 1. The van der Waals surface area contributed by atoms with Crippen LogP contribution in [0.25, 0.3) is 0 Å². The zero-order chi connectivity index (χ0) is 20.4. The number of carbonyl (C=O) groups is 1. The Morgan fingerprint density at radius 2 is 1.90 bits per heavy atom. The van der Waals surface area contributed by atoms with Crippen LogP contribution in [0.4, 0.5) is 5.82 Å². The number of anilines is 1. The minimum absolute atomic E-state index is 0.148. The first-order chi connectivity index (χ1) is 14.0. The maximum atomic E-state index is 12.4. The average molecular weight is 402 g/mol. The average Bonchev–Trinajstić information content (AvgIpc) is 3.46. The molecular formula is C22H35N5O2. The molecule has 2 saturated heterocycles. The van der Waals surface area contributed by atoms with Crippen molar-refractivity contribution in [1.82, 2.24) is 19.8 Å². The fourth-order valence-electron chi connectivity index (χ4n) is 4.52. The van der Waals surface area contributed by atoms with Gasteiger partial charge in [0.15, 0.2) is 0 Å². The van der Waals surface area contributed by atoms with Gasteiger partial charge in [-0.2, -0.15) is 0 Å². The minimum atomic E-state index is 0.148. The lowest BCUT2D eigenvalue weighted by Gasteiger charge is -2.31. The molecular weight excluding hydrogens is 366 g/mol. The van der Waals surface area contributed by atoms with Crippen LogP contribution < -0.4 is 4.90 Å². The number of amides is 1. The quantitative estimate of drug-likeness (QED) is 0.665. The third-order valence-corrected chi connectivity index (χ3v) is 6.57. The molecule has 2 aliphatic heterocycles. The summed E-state index contributed by atoms with van der Waals surface area (Å²) in [6.07, 6.45) is 5.63. The highest BCUT2D eigenvalue weighted by Gasteiger charge is 2.33. The molecule has 0 radical (unpaired) electrons. The summed E-state index contributed by atoms with van der Waals surface area (Å²) in [5.74, 6) is 3.65. The minimum Gasteiger partial charge on any atom is -0.383 e. The molecule has 4 rings (SSSR count). The van der Waals surface area contributed by atoms with Crippen LogP contribution in [0, 0.1) is 5.92 Å². The molecule has 7 heteroatoms. The van der Waals surface area contributed by atoms with E-state index in [0.29, 0.717) is 25.5 Å². The van der Waals surface area contributed by atoms with Crippen LogP contribution in [0.2, 0.25) is 0 Å². The molecule has 1 unspecified atom stereocenters. The fourth-order valence-corrected chi connectivity index (χ4v) is 4.52. The summed E-state index contributed by atoms with van der Waals surface area (Å²) in [4.78, 5) is 28.9. The lowest BCUT2D eigenvalue weighted by Crippen LogP contribution is -2.35. The third kappa shape index (κ3) is 5.07. The molecule has 1 aromatic heterocycles. The summed E-state index contributed by atoms with van der Waals surface area (Å²) in [7, 11) is 5.73. The molecule has 3 fully saturated rings. The van der Waals surface area contributed by atoms with E-state index in [1.165, 1.54) is 19.4 Å². The van der Waals surface area contributed by atoms with Crippen molar-refractivity contribution in [2.45, 2.75) is 43.9 Å². The van der Waals surface area contributed by atoms with Crippen molar-refractivity contribution in [3.63, 3.8) is 0 Å². The second-order valence-electron chi connectivity index (χ2n) is 9.16. The Labute approximate surface area is 174 Å². The largest absolute Gasteiger partial charge is 0.383 e.